The minimum Gasteiger partial charge on any atom is -0.494 e. The second-order valence-electron chi connectivity index (χ2n) is 5.06. The highest BCUT2D eigenvalue weighted by Gasteiger charge is 2.25. The maximum Gasteiger partial charge on any atom is 0.330 e. The number of nitrogen functional groups attached to an aromatic ring is 1. The molecule has 2 rings (SSSR count). The molecule has 0 fully saturated rings. The molecule has 3 N–H and O–H groups in total. The van der Waals surface area contributed by atoms with Crippen molar-refractivity contribution in [2.45, 2.75) is 26.3 Å². The molecule has 0 spiro atoms. The lowest BCUT2D eigenvalue weighted by Crippen LogP contribution is -2.40. The van der Waals surface area contributed by atoms with Gasteiger partial charge in [-0.1, -0.05) is 13.3 Å². The first-order valence-corrected chi connectivity index (χ1v) is 7.32. The second kappa shape index (κ2) is 7.03. The van der Waals surface area contributed by atoms with Gasteiger partial charge in [0.15, 0.2) is 5.69 Å². The van der Waals surface area contributed by atoms with Crippen LogP contribution in [-0.2, 0) is 20.8 Å². The van der Waals surface area contributed by atoms with Crippen LogP contribution < -0.4 is 21.9 Å². The number of aromatic nitrogens is 2. The van der Waals surface area contributed by atoms with Crippen molar-refractivity contribution in [2.75, 3.05) is 30.9 Å². The Kier molecular flexibility index (Phi) is 5.09. The fraction of sp³-hybridized carbons (Fsp3) is 0.500. The monoisotopic (exact) mass is 324 g/mol. The number of hydrogen-bond donors (Lipinski definition) is 2. The summed E-state index contributed by atoms with van der Waals surface area (Å²) in [6.45, 7) is 2.92. The van der Waals surface area contributed by atoms with Gasteiger partial charge in [-0.25, -0.2) is 4.79 Å². The third-order valence-electron chi connectivity index (χ3n) is 3.45. The Bertz CT molecular complexity index is 734. The maximum atomic E-state index is 12.4. The predicted octanol–water partition coefficient (Wildman–Crippen LogP) is -0.230. The van der Waals surface area contributed by atoms with Gasteiger partial charge in [0.25, 0.3) is 11.5 Å². The molecule has 1 aromatic heterocycles. The summed E-state index contributed by atoms with van der Waals surface area (Å²) in [5.74, 6) is -0.660. The van der Waals surface area contributed by atoms with Gasteiger partial charge >= 0.3 is 5.69 Å². The normalized spacial score (nSPS) is 13.7. The van der Waals surface area contributed by atoms with E-state index in [9.17, 15) is 14.4 Å². The molecule has 0 unspecified atom stereocenters. The molecule has 1 aliphatic heterocycles. The van der Waals surface area contributed by atoms with Crippen LogP contribution in [0, 0.1) is 0 Å². The van der Waals surface area contributed by atoms with Crippen molar-refractivity contribution in [1.29, 1.82) is 0 Å². The highest BCUT2D eigenvalue weighted by atomic mass is 16.6. The van der Waals surface area contributed by atoms with E-state index in [4.69, 9.17) is 15.2 Å². The Morgan fingerprint density at radius 3 is 2.78 bits per heavy atom. The number of ether oxygens (including phenoxy) is 2. The van der Waals surface area contributed by atoms with Crippen molar-refractivity contribution in [1.82, 2.24) is 9.55 Å². The van der Waals surface area contributed by atoms with E-state index >= 15 is 0 Å². The van der Waals surface area contributed by atoms with Gasteiger partial charge in [-0.3, -0.25) is 19.1 Å². The number of unbranched alkanes of at least 4 members (excludes halogenated alkanes) is 1. The first kappa shape index (κ1) is 16.7. The summed E-state index contributed by atoms with van der Waals surface area (Å²) < 4.78 is 11.5. The molecule has 0 saturated carbocycles. The summed E-state index contributed by atoms with van der Waals surface area (Å²) in [6, 6.07) is 0. The number of likely N-dealkylation sites (N-methyl/N-ethyl adjacent to an activating group) is 1. The van der Waals surface area contributed by atoms with Crippen molar-refractivity contribution >= 4 is 17.4 Å². The third-order valence-corrected chi connectivity index (χ3v) is 3.45. The van der Waals surface area contributed by atoms with Gasteiger partial charge in [-0.05, 0) is 6.42 Å². The summed E-state index contributed by atoms with van der Waals surface area (Å²) in [5, 5.41) is 0. The topological polar surface area (TPSA) is 120 Å². The van der Waals surface area contributed by atoms with Crippen LogP contribution in [0.5, 0.6) is 0 Å². The van der Waals surface area contributed by atoms with Gasteiger partial charge in [0.2, 0.25) is 5.76 Å². The number of nitrogens with one attached hydrogen (secondary N) is 1. The van der Waals surface area contributed by atoms with Crippen LogP contribution in [0.25, 0.3) is 0 Å². The number of H-pyrrole nitrogens is 1. The molecule has 9 nitrogen and oxygen atoms in total. The summed E-state index contributed by atoms with van der Waals surface area (Å²) >= 11 is 0. The Balaban J connectivity index is 2.41. The summed E-state index contributed by atoms with van der Waals surface area (Å²) in [6.07, 6.45) is 2.77. The van der Waals surface area contributed by atoms with E-state index in [0.29, 0.717) is 13.2 Å². The minimum absolute atomic E-state index is 0.0242. The van der Waals surface area contributed by atoms with Gasteiger partial charge in [-0.2, -0.15) is 0 Å². The average molecular weight is 324 g/mol. The lowest BCUT2D eigenvalue weighted by atomic mass is 10.3. The molecular weight excluding hydrogens is 304 g/mol. The molecular formula is C14H20N4O5. The zero-order valence-corrected chi connectivity index (χ0v) is 13.1. The molecule has 23 heavy (non-hydrogen) atoms. The molecule has 0 bridgehead atoms. The zero-order chi connectivity index (χ0) is 17.0. The Morgan fingerprint density at radius 1 is 1.43 bits per heavy atom. The first-order chi connectivity index (χ1) is 11.0. The van der Waals surface area contributed by atoms with Crippen LogP contribution in [0.1, 0.15) is 19.8 Å². The van der Waals surface area contributed by atoms with E-state index in [-0.39, 0.29) is 23.9 Å². The molecule has 9 heteroatoms. The van der Waals surface area contributed by atoms with E-state index in [2.05, 4.69) is 4.98 Å². The molecule has 0 aliphatic carbocycles. The summed E-state index contributed by atoms with van der Waals surface area (Å²) in [5.41, 5.74) is 4.53. The molecule has 126 valence electrons. The number of aromatic amines is 1. The van der Waals surface area contributed by atoms with E-state index in [1.165, 1.54) is 17.9 Å². The summed E-state index contributed by atoms with van der Waals surface area (Å²) in [4.78, 5) is 39.6. The van der Waals surface area contributed by atoms with Crippen molar-refractivity contribution in [3.63, 3.8) is 0 Å². The van der Waals surface area contributed by atoms with Crippen LogP contribution in [0.15, 0.2) is 21.6 Å². The Labute approximate surface area is 132 Å². The van der Waals surface area contributed by atoms with Crippen LogP contribution in [-0.4, -0.2) is 35.7 Å². The van der Waals surface area contributed by atoms with E-state index < -0.39 is 17.2 Å². The molecule has 0 radical (unpaired) electrons. The van der Waals surface area contributed by atoms with E-state index in [0.717, 1.165) is 17.7 Å². The standard InChI is InChI=1S/C14H20N4O5/c1-3-4-5-18-11(15)10(12(19)16-14(18)21)17(2)13(20)9-8-22-6-7-23-9/h8H,3-7,15H2,1-2H3,(H,16,19,21). The number of nitrogens with two attached hydrogens (primary N) is 1. The van der Waals surface area contributed by atoms with Crippen LogP contribution >= 0.6 is 0 Å². The maximum absolute atomic E-state index is 12.4. The minimum atomic E-state index is -0.728. The molecule has 1 amide bonds. The van der Waals surface area contributed by atoms with E-state index in [1.54, 1.807) is 0 Å². The molecule has 0 aromatic carbocycles. The SMILES string of the molecule is CCCCn1c(N)c(N(C)C(=O)C2=COCCO2)c(=O)[nH]c1=O. The third kappa shape index (κ3) is 3.38. The number of carbonyl (C=O) groups excluding carboxylic acids is 1. The highest BCUT2D eigenvalue weighted by molar-refractivity contribution is 6.04. The summed E-state index contributed by atoms with van der Waals surface area (Å²) in [7, 11) is 1.39. The van der Waals surface area contributed by atoms with Crippen LogP contribution in [0.3, 0.4) is 0 Å². The first-order valence-electron chi connectivity index (χ1n) is 7.32. The molecule has 0 atom stereocenters. The largest absolute Gasteiger partial charge is 0.494 e. The second-order valence-corrected chi connectivity index (χ2v) is 5.06. The fourth-order valence-corrected chi connectivity index (χ4v) is 2.19. The average Bonchev–Trinajstić information content (AvgIpc) is 2.54. The number of rotatable bonds is 5. The highest BCUT2D eigenvalue weighted by Crippen LogP contribution is 2.18. The van der Waals surface area contributed by atoms with Crippen molar-refractivity contribution < 1.29 is 14.3 Å². The lowest BCUT2D eigenvalue weighted by Gasteiger charge is -2.22. The number of hydrogen-bond acceptors (Lipinski definition) is 6. The molecule has 1 aromatic rings. The molecule has 2 heterocycles. The predicted molar refractivity (Wildman–Crippen MR) is 84.0 cm³/mol. The Hall–Kier alpha value is -2.71. The number of carbonyl (C=O) groups is 1. The van der Waals surface area contributed by atoms with Crippen molar-refractivity contribution in [3.05, 3.63) is 32.9 Å². The lowest BCUT2D eigenvalue weighted by molar-refractivity contribution is -0.119. The number of nitrogens with zero attached hydrogens (tertiary/aromatic N) is 2. The molecule has 1 aliphatic rings. The Morgan fingerprint density at radius 2 is 2.17 bits per heavy atom. The van der Waals surface area contributed by atoms with Crippen LogP contribution in [0.2, 0.25) is 0 Å². The van der Waals surface area contributed by atoms with Gasteiger partial charge in [0, 0.05) is 13.6 Å². The van der Waals surface area contributed by atoms with Gasteiger partial charge < -0.3 is 20.1 Å². The van der Waals surface area contributed by atoms with Crippen LogP contribution in [0.4, 0.5) is 11.5 Å². The molecule has 0 saturated heterocycles. The number of anilines is 2. The number of amides is 1. The van der Waals surface area contributed by atoms with Gasteiger partial charge in [0.1, 0.15) is 25.3 Å². The smallest absolute Gasteiger partial charge is 0.330 e. The van der Waals surface area contributed by atoms with Crippen molar-refractivity contribution in [2.24, 2.45) is 0 Å². The quantitative estimate of drug-likeness (QED) is 0.772. The van der Waals surface area contributed by atoms with E-state index in [1.807, 2.05) is 6.92 Å². The van der Waals surface area contributed by atoms with Gasteiger partial charge in [-0.15, -0.1) is 0 Å². The fourth-order valence-electron chi connectivity index (χ4n) is 2.19. The zero-order valence-electron chi connectivity index (χ0n) is 13.1. The van der Waals surface area contributed by atoms with Crippen molar-refractivity contribution in [3.8, 4) is 0 Å². The van der Waals surface area contributed by atoms with Gasteiger partial charge in [0.05, 0.1) is 0 Å².